The molecule has 0 saturated carbocycles. The van der Waals surface area contributed by atoms with Crippen LogP contribution in [0.25, 0.3) is 22.3 Å². The zero-order valence-corrected chi connectivity index (χ0v) is 22.9. The second kappa shape index (κ2) is 11.7. The highest BCUT2D eigenvalue weighted by Gasteiger charge is 2.48. The molecule has 5 rings (SSSR count). The number of benzene rings is 2. The van der Waals surface area contributed by atoms with Gasteiger partial charge in [0.25, 0.3) is 0 Å². The van der Waals surface area contributed by atoms with Crippen molar-refractivity contribution in [2.45, 2.75) is 62.0 Å². The SMILES string of the molecule is COc1cc(-c2cc(=O)c3c(O)c(C4OC(C)C(=O)C(O)C4O)c(O)cc3o2)ccc1OC1OC(C(=O)O)C(O)C(O)C1O. The number of carbonyl (C=O) groups excluding carboxylic acids is 1. The molecule has 0 amide bonds. The zero-order chi connectivity index (χ0) is 32.2. The number of methoxy groups -OCH3 is 1. The number of carbonyl (C=O) groups is 2. The van der Waals surface area contributed by atoms with Gasteiger partial charge in [0, 0.05) is 17.7 Å². The lowest BCUT2D eigenvalue weighted by Crippen LogP contribution is -2.61. The number of phenolic OH excluding ortho intramolecular Hbond substituents is 2. The number of aliphatic carboxylic acids is 1. The monoisotopic (exact) mass is 620 g/mol. The third-order valence-electron chi connectivity index (χ3n) is 7.48. The van der Waals surface area contributed by atoms with Crippen LogP contribution in [0, 0.1) is 0 Å². The van der Waals surface area contributed by atoms with E-state index in [2.05, 4.69) is 0 Å². The highest BCUT2D eigenvalue weighted by molar-refractivity contribution is 5.90. The molecule has 16 nitrogen and oxygen atoms in total. The molecule has 2 fully saturated rings. The van der Waals surface area contributed by atoms with Crippen LogP contribution in [0.15, 0.2) is 39.5 Å². The van der Waals surface area contributed by atoms with Crippen LogP contribution >= 0.6 is 0 Å². The predicted molar refractivity (Wildman–Crippen MR) is 143 cm³/mol. The zero-order valence-electron chi connectivity index (χ0n) is 22.9. The number of fused-ring (bicyclic) bond motifs is 1. The van der Waals surface area contributed by atoms with Gasteiger partial charge in [0.15, 0.2) is 28.8 Å². The van der Waals surface area contributed by atoms with Crippen LogP contribution in [0.4, 0.5) is 0 Å². The Morgan fingerprint density at radius 3 is 2.25 bits per heavy atom. The Bertz CT molecular complexity index is 1670. The molecule has 9 unspecified atom stereocenters. The molecule has 2 aliphatic rings. The summed E-state index contributed by atoms with van der Waals surface area (Å²) >= 11 is 0. The van der Waals surface area contributed by atoms with E-state index in [4.69, 9.17) is 23.4 Å². The second-order valence-corrected chi connectivity index (χ2v) is 10.3. The van der Waals surface area contributed by atoms with Crippen molar-refractivity contribution in [2.75, 3.05) is 7.11 Å². The molecule has 44 heavy (non-hydrogen) atoms. The van der Waals surface area contributed by atoms with Crippen molar-refractivity contribution in [3.05, 3.63) is 46.1 Å². The van der Waals surface area contributed by atoms with Crippen LogP contribution < -0.4 is 14.9 Å². The molecule has 9 atom stereocenters. The summed E-state index contributed by atoms with van der Waals surface area (Å²) in [6.07, 6.45) is -15.7. The van der Waals surface area contributed by atoms with Crippen molar-refractivity contribution in [1.82, 2.24) is 0 Å². The first-order valence-corrected chi connectivity index (χ1v) is 13.1. The molecular formula is C28H28O16. The first kappa shape index (κ1) is 31.1. The Labute approximate surface area is 246 Å². The quantitative estimate of drug-likeness (QED) is 0.163. The van der Waals surface area contributed by atoms with Crippen molar-refractivity contribution in [1.29, 1.82) is 0 Å². The van der Waals surface area contributed by atoms with Crippen LogP contribution in [0.1, 0.15) is 18.6 Å². The number of ether oxygens (including phenoxy) is 4. The van der Waals surface area contributed by atoms with Gasteiger partial charge < -0.3 is 64.2 Å². The molecule has 0 aliphatic carbocycles. The normalized spacial score (nSPS) is 30.7. The molecule has 2 saturated heterocycles. The molecule has 0 bridgehead atoms. The van der Waals surface area contributed by atoms with Crippen molar-refractivity contribution in [2.24, 2.45) is 0 Å². The molecule has 3 heterocycles. The maximum Gasteiger partial charge on any atom is 0.335 e. The average Bonchev–Trinajstić information content (AvgIpc) is 2.98. The van der Waals surface area contributed by atoms with Crippen LogP contribution in [-0.4, -0.2) is 109 Å². The average molecular weight is 621 g/mol. The van der Waals surface area contributed by atoms with E-state index < -0.39 is 89.4 Å². The summed E-state index contributed by atoms with van der Waals surface area (Å²) < 4.78 is 27.2. The minimum Gasteiger partial charge on any atom is -0.507 e. The summed E-state index contributed by atoms with van der Waals surface area (Å²) in [5.74, 6) is -4.02. The number of phenols is 2. The molecule has 2 aromatic carbocycles. The largest absolute Gasteiger partial charge is 0.507 e. The van der Waals surface area contributed by atoms with Crippen LogP contribution in [0.5, 0.6) is 23.0 Å². The van der Waals surface area contributed by atoms with Gasteiger partial charge in [-0.1, -0.05) is 0 Å². The lowest BCUT2D eigenvalue weighted by molar-refractivity contribution is -0.271. The maximum atomic E-state index is 13.2. The maximum absolute atomic E-state index is 13.2. The lowest BCUT2D eigenvalue weighted by Gasteiger charge is -2.38. The van der Waals surface area contributed by atoms with E-state index in [-0.39, 0.29) is 33.8 Å². The molecule has 2 aliphatic heterocycles. The highest BCUT2D eigenvalue weighted by Crippen LogP contribution is 2.44. The number of rotatable bonds is 6. The number of aliphatic hydroxyl groups is 5. The predicted octanol–water partition coefficient (Wildman–Crippen LogP) is -1.10. The standard InChI is InChI=1S/C28H28O16/c1-8-18(31)20(33)22(35)25(41-8)17-11(30)7-15-16(19(17)32)10(29)6-13(42-15)9-3-4-12(14(5-9)40-2)43-28-24(37)21(34)23(36)26(44-28)27(38)39/h3-8,20-26,28,30,32-37H,1-2H3,(H,38,39). The van der Waals surface area contributed by atoms with E-state index in [1.807, 2.05) is 0 Å². The Hall–Kier alpha value is -4.29. The Morgan fingerprint density at radius 1 is 0.886 bits per heavy atom. The number of aromatic hydroxyl groups is 2. The fraction of sp³-hybridized carbons (Fsp3) is 0.393. The minimum atomic E-state index is -1.92. The van der Waals surface area contributed by atoms with E-state index in [9.17, 15) is 55.2 Å². The van der Waals surface area contributed by atoms with Gasteiger partial charge in [0.2, 0.25) is 6.29 Å². The second-order valence-electron chi connectivity index (χ2n) is 10.3. The van der Waals surface area contributed by atoms with Crippen LogP contribution in [-0.2, 0) is 19.1 Å². The lowest BCUT2D eigenvalue weighted by atomic mass is 9.91. The molecule has 3 aromatic rings. The number of Topliss-reactive ketones (excluding diaryl/α,β-unsaturated/α-hetero) is 1. The summed E-state index contributed by atoms with van der Waals surface area (Å²) in [6.45, 7) is 1.32. The van der Waals surface area contributed by atoms with Gasteiger partial charge in [-0.15, -0.1) is 0 Å². The summed E-state index contributed by atoms with van der Waals surface area (Å²) in [5, 5.41) is 81.2. The number of aliphatic hydroxyl groups excluding tert-OH is 5. The molecule has 236 valence electrons. The summed E-state index contributed by atoms with van der Waals surface area (Å²) in [4.78, 5) is 36.5. The summed E-state index contributed by atoms with van der Waals surface area (Å²) in [6, 6.07) is 6.04. The van der Waals surface area contributed by atoms with Crippen molar-refractivity contribution < 1.29 is 73.8 Å². The summed E-state index contributed by atoms with van der Waals surface area (Å²) in [5.41, 5.74) is -1.25. The number of ketones is 1. The molecule has 8 N–H and O–H groups in total. The van der Waals surface area contributed by atoms with Gasteiger partial charge in [0.1, 0.15) is 71.0 Å². The number of carboxylic acids is 1. The van der Waals surface area contributed by atoms with E-state index in [0.717, 1.165) is 12.1 Å². The van der Waals surface area contributed by atoms with Crippen LogP contribution in [0.3, 0.4) is 0 Å². The number of hydrogen-bond donors (Lipinski definition) is 8. The first-order valence-electron chi connectivity index (χ1n) is 13.1. The Kier molecular flexibility index (Phi) is 8.25. The molecule has 0 radical (unpaired) electrons. The third kappa shape index (κ3) is 5.22. The van der Waals surface area contributed by atoms with Gasteiger partial charge in [-0.05, 0) is 25.1 Å². The number of hydrogen-bond acceptors (Lipinski definition) is 15. The van der Waals surface area contributed by atoms with Gasteiger partial charge in [-0.25, -0.2) is 4.79 Å². The Morgan fingerprint density at radius 2 is 1.59 bits per heavy atom. The number of carboxylic acid groups (broad SMARTS) is 1. The van der Waals surface area contributed by atoms with Crippen molar-refractivity contribution in [3.8, 4) is 34.3 Å². The molecule has 1 aromatic heterocycles. The summed E-state index contributed by atoms with van der Waals surface area (Å²) in [7, 11) is 1.25. The van der Waals surface area contributed by atoms with E-state index in [1.165, 1.54) is 32.2 Å². The molecule has 0 spiro atoms. The van der Waals surface area contributed by atoms with Crippen molar-refractivity contribution >= 4 is 22.7 Å². The first-order chi connectivity index (χ1) is 20.7. The fourth-order valence-corrected chi connectivity index (χ4v) is 5.10. The van der Waals surface area contributed by atoms with Gasteiger partial charge in [0.05, 0.1) is 12.7 Å². The minimum absolute atomic E-state index is 0.0137. The van der Waals surface area contributed by atoms with E-state index >= 15 is 0 Å². The van der Waals surface area contributed by atoms with E-state index in [0.29, 0.717) is 0 Å². The van der Waals surface area contributed by atoms with Crippen LogP contribution in [0.2, 0.25) is 0 Å². The van der Waals surface area contributed by atoms with E-state index in [1.54, 1.807) is 0 Å². The molecule has 16 heteroatoms. The fourth-order valence-electron chi connectivity index (χ4n) is 5.10. The smallest absolute Gasteiger partial charge is 0.335 e. The third-order valence-corrected chi connectivity index (χ3v) is 7.48. The Balaban J connectivity index is 1.48. The topological polar surface area (TPSA) is 263 Å². The highest BCUT2D eigenvalue weighted by atomic mass is 16.7. The molecular weight excluding hydrogens is 592 g/mol. The van der Waals surface area contributed by atoms with Gasteiger partial charge in [-0.3, -0.25) is 9.59 Å². The van der Waals surface area contributed by atoms with Gasteiger partial charge >= 0.3 is 5.97 Å². The van der Waals surface area contributed by atoms with Crippen molar-refractivity contribution in [3.63, 3.8) is 0 Å². The van der Waals surface area contributed by atoms with Gasteiger partial charge in [-0.2, -0.15) is 0 Å².